The molecular formula is C14H15Br2NO. The molecule has 0 atom stereocenters. The average Bonchev–Trinajstić information content (AvgIpc) is 2.55. The highest BCUT2D eigenvalue weighted by atomic mass is 79.9. The zero-order valence-corrected chi connectivity index (χ0v) is 13.6. The Hall–Kier alpha value is -0.610. The smallest absolute Gasteiger partial charge is 0.236 e. The number of rotatable bonds is 3. The average molecular weight is 373 g/mol. The number of allylic oxidation sites excluding steroid dienone is 1. The Morgan fingerprint density at radius 1 is 1.22 bits per heavy atom. The van der Waals surface area contributed by atoms with Gasteiger partial charge >= 0.3 is 0 Å². The Kier molecular flexibility index (Phi) is 4.28. The van der Waals surface area contributed by atoms with E-state index in [1.54, 1.807) is 0 Å². The largest absolute Gasteiger partial charge is 0.284 e. The lowest BCUT2D eigenvalue weighted by Crippen LogP contribution is -2.25. The number of amides is 1. The van der Waals surface area contributed by atoms with E-state index in [1.165, 1.54) is 0 Å². The summed E-state index contributed by atoms with van der Waals surface area (Å²) in [5.74, 6) is 0.663. The zero-order chi connectivity index (χ0) is 13.3. The molecule has 2 nitrogen and oxygen atoms in total. The lowest BCUT2D eigenvalue weighted by molar-refractivity contribution is -0.116. The number of nitrogens with zero attached hydrogens (tertiary/aromatic N) is 1. The van der Waals surface area contributed by atoms with Gasteiger partial charge in [-0.1, -0.05) is 45.7 Å². The molecule has 0 saturated carbocycles. The number of benzene rings is 1. The van der Waals surface area contributed by atoms with E-state index in [0.717, 1.165) is 26.8 Å². The minimum atomic E-state index is 0.139. The third kappa shape index (κ3) is 2.86. The molecule has 1 aliphatic rings. The van der Waals surface area contributed by atoms with Gasteiger partial charge in [-0.2, -0.15) is 0 Å². The van der Waals surface area contributed by atoms with E-state index < -0.39 is 0 Å². The molecule has 2 rings (SSSR count). The molecule has 0 bridgehead atoms. The summed E-state index contributed by atoms with van der Waals surface area (Å²) in [4.78, 5) is 13.9. The van der Waals surface area contributed by atoms with Crippen LogP contribution in [0, 0.1) is 5.92 Å². The van der Waals surface area contributed by atoms with Crippen molar-refractivity contribution in [2.24, 2.45) is 5.92 Å². The second-order valence-electron chi connectivity index (χ2n) is 4.83. The van der Waals surface area contributed by atoms with Gasteiger partial charge in [0.05, 0.1) is 6.42 Å². The first-order valence-electron chi connectivity index (χ1n) is 5.95. The van der Waals surface area contributed by atoms with E-state index in [9.17, 15) is 4.79 Å². The lowest BCUT2D eigenvalue weighted by atomic mass is 10.1. The van der Waals surface area contributed by atoms with Crippen molar-refractivity contribution in [1.29, 1.82) is 0 Å². The molecule has 0 spiro atoms. The van der Waals surface area contributed by atoms with Crippen molar-refractivity contribution < 1.29 is 4.79 Å². The summed E-state index contributed by atoms with van der Waals surface area (Å²) in [5.41, 5.74) is 2.03. The molecule has 1 amide bonds. The fourth-order valence-corrected chi connectivity index (χ4v) is 2.91. The maximum atomic E-state index is 12.1. The Balaban J connectivity index is 2.35. The molecular weight excluding hydrogens is 358 g/mol. The van der Waals surface area contributed by atoms with E-state index in [1.807, 2.05) is 29.2 Å². The van der Waals surface area contributed by atoms with Gasteiger partial charge in [-0.05, 0) is 36.6 Å². The van der Waals surface area contributed by atoms with Gasteiger partial charge in [-0.25, -0.2) is 0 Å². The highest BCUT2D eigenvalue weighted by molar-refractivity contribution is 9.11. The van der Waals surface area contributed by atoms with Crippen LogP contribution in [-0.2, 0) is 4.79 Å². The molecule has 1 aromatic rings. The van der Waals surface area contributed by atoms with Gasteiger partial charge in [0, 0.05) is 20.3 Å². The van der Waals surface area contributed by atoms with E-state index in [0.29, 0.717) is 12.3 Å². The summed E-state index contributed by atoms with van der Waals surface area (Å²) in [7, 11) is 0. The Bertz CT molecular complexity index is 491. The first-order chi connectivity index (χ1) is 8.49. The zero-order valence-electron chi connectivity index (χ0n) is 10.4. The number of carbonyl (C=O) groups excluding carboxylic acids is 1. The topological polar surface area (TPSA) is 20.3 Å². The number of hydrogen-bond acceptors (Lipinski definition) is 1. The molecule has 1 aliphatic heterocycles. The Labute approximate surface area is 124 Å². The van der Waals surface area contributed by atoms with Crippen LogP contribution in [0.2, 0.25) is 0 Å². The number of halogens is 2. The van der Waals surface area contributed by atoms with Crippen LogP contribution in [0.1, 0.15) is 26.7 Å². The van der Waals surface area contributed by atoms with Crippen molar-refractivity contribution in [2.75, 3.05) is 4.90 Å². The quantitative estimate of drug-likeness (QED) is 0.743. The summed E-state index contributed by atoms with van der Waals surface area (Å²) in [6.45, 7) is 4.33. The minimum Gasteiger partial charge on any atom is -0.284 e. The fraction of sp³-hybridized carbons (Fsp3) is 0.357. The summed E-state index contributed by atoms with van der Waals surface area (Å²) in [6.07, 6.45) is 1.38. The highest BCUT2D eigenvalue weighted by Crippen LogP contribution is 2.36. The third-order valence-electron chi connectivity index (χ3n) is 2.83. The number of hydrogen-bond donors (Lipinski definition) is 0. The third-order valence-corrected chi connectivity index (χ3v) is 4.09. The van der Waals surface area contributed by atoms with Gasteiger partial charge in [-0.15, -0.1) is 0 Å². The van der Waals surface area contributed by atoms with Gasteiger partial charge in [0.1, 0.15) is 0 Å². The van der Waals surface area contributed by atoms with Crippen LogP contribution in [0.4, 0.5) is 5.69 Å². The van der Waals surface area contributed by atoms with Gasteiger partial charge in [-0.3, -0.25) is 9.69 Å². The molecule has 0 fully saturated rings. The predicted octanol–water partition coefficient (Wildman–Crippen LogP) is 4.84. The van der Waals surface area contributed by atoms with E-state index in [-0.39, 0.29) is 5.91 Å². The van der Waals surface area contributed by atoms with E-state index >= 15 is 0 Å². The standard InChI is InChI=1S/C14H15Br2NO/c1-9(2)7-13-12(16)8-14(18)17(13)11-5-3-10(15)4-6-11/h3-6,9H,7-8H2,1-2H3. The van der Waals surface area contributed by atoms with Crippen molar-refractivity contribution in [2.45, 2.75) is 26.7 Å². The van der Waals surface area contributed by atoms with Crippen LogP contribution in [0.15, 0.2) is 38.9 Å². The summed E-state index contributed by atoms with van der Waals surface area (Å²) >= 11 is 6.95. The molecule has 96 valence electrons. The predicted molar refractivity (Wildman–Crippen MR) is 81.7 cm³/mol. The van der Waals surface area contributed by atoms with Gasteiger partial charge < -0.3 is 0 Å². The first-order valence-corrected chi connectivity index (χ1v) is 7.53. The summed E-state index contributed by atoms with van der Waals surface area (Å²) in [5, 5.41) is 0. The normalized spacial score (nSPS) is 16.1. The Morgan fingerprint density at radius 3 is 2.39 bits per heavy atom. The molecule has 0 unspecified atom stereocenters. The molecule has 18 heavy (non-hydrogen) atoms. The molecule has 0 N–H and O–H groups in total. The SMILES string of the molecule is CC(C)CC1=C(Br)CC(=O)N1c1ccc(Br)cc1. The molecule has 1 heterocycles. The monoisotopic (exact) mass is 371 g/mol. The van der Waals surface area contributed by atoms with Crippen molar-refractivity contribution in [3.8, 4) is 0 Å². The highest BCUT2D eigenvalue weighted by Gasteiger charge is 2.30. The van der Waals surface area contributed by atoms with Gasteiger partial charge in [0.15, 0.2) is 0 Å². The van der Waals surface area contributed by atoms with Crippen LogP contribution in [0.25, 0.3) is 0 Å². The van der Waals surface area contributed by atoms with Crippen molar-refractivity contribution in [1.82, 2.24) is 0 Å². The van der Waals surface area contributed by atoms with Crippen molar-refractivity contribution in [3.05, 3.63) is 38.9 Å². The Morgan fingerprint density at radius 2 is 1.83 bits per heavy atom. The molecule has 0 saturated heterocycles. The number of anilines is 1. The minimum absolute atomic E-state index is 0.139. The molecule has 0 aromatic heterocycles. The molecule has 4 heteroatoms. The van der Waals surface area contributed by atoms with Crippen molar-refractivity contribution >= 4 is 43.5 Å². The maximum Gasteiger partial charge on any atom is 0.236 e. The second-order valence-corrected chi connectivity index (χ2v) is 6.70. The van der Waals surface area contributed by atoms with Crippen LogP contribution in [0.5, 0.6) is 0 Å². The van der Waals surface area contributed by atoms with Crippen molar-refractivity contribution in [3.63, 3.8) is 0 Å². The molecule has 0 radical (unpaired) electrons. The number of carbonyl (C=O) groups is 1. The molecule has 1 aromatic carbocycles. The fourth-order valence-electron chi connectivity index (χ4n) is 2.06. The molecule has 0 aliphatic carbocycles. The van der Waals surface area contributed by atoms with Crippen LogP contribution >= 0.6 is 31.9 Å². The van der Waals surface area contributed by atoms with E-state index in [4.69, 9.17) is 0 Å². The second kappa shape index (κ2) is 5.57. The maximum absolute atomic E-state index is 12.1. The van der Waals surface area contributed by atoms with Crippen LogP contribution < -0.4 is 4.90 Å². The van der Waals surface area contributed by atoms with Crippen LogP contribution in [0.3, 0.4) is 0 Å². The lowest BCUT2D eigenvalue weighted by Gasteiger charge is -2.22. The van der Waals surface area contributed by atoms with E-state index in [2.05, 4.69) is 45.7 Å². The van der Waals surface area contributed by atoms with Gasteiger partial charge in [0.2, 0.25) is 5.91 Å². The van der Waals surface area contributed by atoms with Gasteiger partial charge in [0.25, 0.3) is 0 Å². The first kappa shape index (κ1) is 13.8. The van der Waals surface area contributed by atoms with Crippen LogP contribution in [-0.4, -0.2) is 5.91 Å². The summed E-state index contributed by atoms with van der Waals surface area (Å²) < 4.78 is 2.04. The summed E-state index contributed by atoms with van der Waals surface area (Å²) in [6, 6.07) is 7.85.